The summed E-state index contributed by atoms with van der Waals surface area (Å²) < 4.78 is 62.5. The van der Waals surface area contributed by atoms with E-state index in [0.717, 1.165) is 5.92 Å². The molecule has 18 heavy (non-hydrogen) atoms. The molecule has 7 heteroatoms. The summed E-state index contributed by atoms with van der Waals surface area (Å²) in [5, 5.41) is 0. The maximum Gasteiger partial charge on any atom is 0.457 e. The summed E-state index contributed by atoms with van der Waals surface area (Å²) in [4.78, 5) is -0.0474. The van der Waals surface area contributed by atoms with E-state index in [9.17, 15) is 21.6 Å². The van der Waals surface area contributed by atoms with E-state index >= 15 is 0 Å². The Morgan fingerprint density at radius 2 is 1.78 bits per heavy atom. The van der Waals surface area contributed by atoms with Crippen LogP contribution in [-0.4, -0.2) is 21.2 Å². The van der Waals surface area contributed by atoms with Gasteiger partial charge in [-0.25, -0.2) is 0 Å². The van der Waals surface area contributed by atoms with Crippen LogP contribution in [0.4, 0.5) is 13.2 Å². The van der Waals surface area contributed by atoms with Gasteiger partial charge in [0.25, 0.3) is 10.1 Å². The Hall–Kier alpha value is -1.52. The molecular formula is C11H9F3O3S. The van der Waals surface area contributed by atoms with Crippen LogP contribution in [0.5, 0.6) is 0 Å². The van der Waals surface area contributed by atoms with E-state index in [0.29, 0.717) is 0 Å². The topological polar surface area (TPSA) is 43.4 Å². The van der Waals surface area contributed by atoms with E-state index in [2.05, 4.69) is 4.18 Å². The summed E-state index contributed by atoms with van der Waals surface area (Å²) in [6.07, 6.45) is -4.89. The maximum atomic E-state index is 11.6. The van der Waals surface area contributed by atoms with Gasteiger partial charge in [-0.2, -0.15) is 21.6 Å². The molecule has 0 unspecified atom stereocenters. The molecule has 1 rings (SSSR count). The van der Waals surface area contributed by atoms with Crippen LogP contribution in [0.25, 0.3) is 0 Å². The SMILES string of the molecule is O=S(=O)(OCCC#CC(F)(F)F)c1ccccc1. The number of hydrogen-bond donors (Lipinski definition) is 0. The fraction of sp³-hybridized carbons (Fsp3) is 0.273. The van der Waals surface area contributed by atoms with Crippen LogP contribution in [0.3, 0.4) is 0 Å². The lowest BCUT2D eigenvalue weighted by Crippen LogP contribution is -2.07. The summed E-state index contributed by atoms with van der Waals surface area (Å²) in [7, 11) is -3.93. The van der Waals surface area contributed by atoms with E-state index in [1.54, 1.807) is 12.0 Å². The van der Waals surface area contributed by atoms with Gasteiger partial charge in [0, 0.05) is 12.3 Å². The van der Waals surface area contributed by atoms with Crippen LogP contribution < -0.4 is 0 Å². The maximum absolute atomic E-state index is 11.6. The largest absolute Gasteiger partial charge is 0.457 e. The minimum absolute atomic E-state index is 0.0474. The van der Waals surface area contributed by atoms with Gasteiger partial charge in [0.2, 0.25) is 0 Å². The number of rotatable bonds is 4. The van der Waals surface area contributed by atoms with Gasteiger partial charge in [0.1, 0.15) is 0 Å². The number of halogens is 3. The highest BCUT2D eigenvalue weighted by Crippen LogP contribution is 2.13. The molecule has 0 saturated carbocycles. The molecular weight excluding hydrogens is 269 g/mol. The zero-order chi connectivity index (χ0) is 13.6. The van der Waals surface area contributed by atoms with E-state index in [1.165, 1.54) is 24.3 Å². The second-order valence-electron chi connectivity index (χ2n) is 3.14. The minimum Gasteiger partial charge on any atom is -0.265 e. The normalized spacial score (nSPS) is 11.7. The van der Waals surface area contributed by atoms with Crippen molar-refractivity contribution in [2.75, 3.05) is 6.61 Å². The molecule has 0 saturated heterocycles. The zero-order valence-electron chi connectivity index (χ0n) is 9.07. The molecule has 98 valence electrons. The quantitative estimate of drug-likeness (QED) is 0.482. The first-order valence-corrected chi connectivity index (χ1v) is 6.23. The average Bonchev–Trinajstić information content (AvgIpc) is 2.28. The van der Waals surface area contributed by atoms with Crippen molar-refractivity contribution in [2.24, 2.45) is 0 Å². The lowest BCUT2D eigenvalue weighted by atomic mass is 10.4. The zero-order valence-corrected chi connectivity index (χ0v) is 9.88. The summed E-state index contributed by atoms with van der Waals surface area (Å²) >= 11 is 0. The Morgan fingerprint density at radius 1 is 1.17 bits per heavy atom. The summed E-state index contributed by atoms with van der Waals surface area (Å²) in [6, 6.07) is 7.32. The molecule has 0 aliphatic heterocycles. The van der Waals surface area contributed by atoms with Gasteiger partial charge in [-0.05, 0) is 12.1 Å². The van der Waals surface area contributed by atoms with Gasteiger partial charge in [-0.3, -0.25) is 4.18 Å². The number of benzene rings is 1. The fourth-order valence-corrected chi connectivity index (χ4v) is 1.95. The van der Waals surface area contributed by atoms with Gasteiger partial charge in [0.05, 0.1) is 11.5 Å². The first-order chi connectivity index (χ1) is 8.31. The molecule has 0 aromatic heterocycles. The first-order valence-electron chi connectivity index (χ1n) is 4.82. The monoisotopic (exact) mass is 278 g/mol. The molecule has 1 aromatic carbocycles. The van der Waals surface area contributed by atoms with Gasteiger partial charge < -0.3 is 0 Å². The molecule has 1 aromatic rings. The second kappa shape index (κ2) is 5.89. The van der Waals surface area contributed by atoms with E-state index in [4.69, 9.17) is 0 Å². The summed E-state index contributed by atoms with van der Waals surface area (Å²) in [5.41, 5.74) is 0. The highest BCUT2D eigenvalue weighted by atomic mass is 32.2. The van der Waals surface area contributed by atoms with Crippen LogP contribution in [0.15, 0.2) is 35.2 Å². The number of hydrogen-bond acceptors (Lipinski definition) is 3. The Morgan fingerprint density at radius 3 is 2.33 bits per heavy atom. The number of alkyl halides is 3. The Labute approximate surface area is 103 Å². The van der Waals surface area contributed by atoms with Crippen molar-refractivity contribution in [3.8, 4) is 11.8 Å². The van der Waals surface area contributed by atoms with Gasteiger partial charge in [0.15, 0.2) is 0 Å². The van der Waals surface area contributed by atoms with Gasteiger partial charge in [-0.1, -0.05) is 24.1 Å². The molecule has 0 radical (unpaired) electrons. The molecule has 0 fully saturated rings. The third-order valence-corrected chi connectivity index (χ3v) is 3.05. The van der Waals surface area contributed by atoms with Crippen molar-refractivity contribution in [2.45, 2.75) is 17.5 Å². The Balaban J connectivity index is 2.51. The second-order valence-corrected chi connectivity index (χ2v) is 4.75. The molecule has 0 amide bonds. The predicted molar refractivity (Wildman–Crippen MR) is 58.0 cm³/mol. The van der Waals surface area contributed by atoms with Gasteiger partial charge in [-0.15, -0.1) is 0 Å². The smallest absolute Gasteiger partial charge is 0.265 e. The van der Waals surface area contributed by atoms with Crippen molar-refractivity contribution in [3.63, 3.8) is 0 Å². The molecule has 0 spiro atoms. The van der Waals surface area contributed by atoms with Crippen LogP contribution in [0.2, 0.25) is 0 Å². The molecule has 0 aliphatic rings. The highest BCUT2D eigenvalue weighted by molar-refractivity contribution is 7.86. The lowest BCUT2D eigenvalue weighted by Gasteiger charge is -2.03. The molecule has 0 aliphatic carbocycles. The highest BCUT2D eigenvalue weighted by Gasteiger charge is 2.22. The minimum atomic E-state index is -4.57. The summed E-state index contributed by atoms with van der Waals surface area (Å²) in [6.45, 7) is -0.416. The molecule has 0 heterocycles. The lowest BCUT2D eigenvalue weighted by molar-refractivity contribution is -0.0697. The van der Waals surface area contributed by atoms with Crippen molar-refractivity contribution < 1.29 is 25.8 Å². The van der Waals surface area contributed by atoms with E-state index < -0.39 is 22.9 Å². The summed E-state index contributed by atoms with van der Waals surface area (Å²) in [5.74, 6) is 2.81. The van der Waals surface area contributed by atoms with Crippen molar-refractivity contribution in [1.82, 2.24) is 0 Å². The Kier molecular flexibility index (Phi) is 4.76. The molecule has 0 bridgehead atoms. The van der Waals surface area contributed by atoms with Gasteiger partial charge >= 0.3 is 6.18 Å². The van der Waals surface area contributed by atoms with Crippen molar-refractivity contribution in [3.05, 3.63) is 30.3 Å². The van der Waals surface area contributed by atoms with Crippen molar-refractivity contribution >= 4 is 10.1 Å². The van der Waals surface area contributed by atoms with Crippen LogP contribution >= 0.6 is 0 Å². The molecule has 3 nitrogen and oxygen atoms in total. The van der Waals surface area contributed by atoms with Crippen LogP contribution in [0.1, 0.15) is 6.42 Å². The molecule has 0 atom stereocenters. The first kappa shape index (κ1) is 14.5. The average molecular weight is 278 g/mol. The Bertz CT molecular complexity index is 538. The van der Waals surface area contributed by atoms with Crippen LogP contribution in [-0.2, 0) is 14.3 Å². The third-order valence-electron chi connectivity index (χ3n) is 1.73. The standard InChI is InChI=1S/C11H9F3O3S/c12-11(13,14)8-4-5-9-17-18(15,16)10-6-2-1-3-7-10/h1-3,6-7H,5,9H2. The van der Waals surface area contributed by atoms with Crippen molar-refractivity contribution in [1.29, 1.82) is 0 Å². The predicted octanol–water partition coefficient (Wildman–Crippen LogP) is 2.35. The van der Waals surface area contributed by atoms with E-state index in [1.807, 2.05) is 0 Å². The third kappa shape index (κ3) is 5.21. The van der Waals surface area contributed by atoms with E-state index in [-0.39, 0.29) is 11.3 Å². The molecule has 0 N–H and O–H groups in total. The van der Waals surface area contributed by atoms with Crippen LogP contribution in [0, 0.1) is 11.8 Å². The fourth-order valence-electron chi connectivity index (χ4n) is 1.02.